The van der Waals surface area contributed by atoms with Gasteiger partial charge in [-0.3, -0.25) is 9.59 Å². The second kappa shape index (κ2) is 6.92. The van der Waals surface area contributed by atoms with Gasteiger partial charge in [-0.1, -0.05) is 23.7 Å². The molecule has 1 atom stereocenters. The minimum Gasteiger partial charge on any atom is -0.472 e. The molecule has 0 aliphatic heterocycles. The van der Waals surface area contributed by atoms with Crippen LogP contribution in [0.4, 0.5) is 5.69 Å². The molecule has 0 saturated carbocycles. The molecule has 2 rings (SSSR count). The predicted octanol–water partition coefficient (Wildman–Crippen LogP) is 1.72. The van der Waals surface area contributed by atoms with Crippen molar-refractivity contribution in [2.24, 2.45) is 0 Å². The van der Waals surface area contributed by atoms with E-state index in [9.17, 15) is 14.7 Å². The Bertz CT molecular complexity index is 628. The second-order valence-corrected chi connectivity index (χ2v) is 4.62. The number of hydrogen-bond donors (Lipinski definition) is 3. The number of amides is 2. The van der Waals surface area contributed by atoms with Crippen LogP contribution in [0.3, 0.4) is 0 Å². The number of carbonyl (C=O) groups excluding carboxylic acids is 2. The van der Waals surface area contributed by atoms with Gasteiger partial charge in [0.1, 0.15) is 0 Å². The van der Waals surface area contributed by atoms with Crippen LogP contribution in [-0.4, -0.2) is 23.5 Å². The minimum atomic E-state index is -0.944. The molecule has 7 heteroatoms. The third-order valence-electron chi connectivity index (χ3n) is 2.71. The van der Waals surface area contributed by atoms with E-state index >= 15 is 0 Å². The maximum Gasteiger partial charge on any atom is 0.313 e. The SMILES string of the molecule is O=C(NC[C@@H](O)c1ccoc1)C(=O)Nc1ccccc1Cl. The van der Waals surface area contributed by atoms with E-state index in [1.165, 1.54) is 12.5 Å². The molecule has 0 aliphatic carbocycles. The van der Waals surface area contributed by atoms with Gasteiger partial charge in [-0.25, -0.2) is 0 Å². The smallest absolute Gasteiger partial charge is 0.313 e. The first-order chi connectivity index (χ1) is 10.1. The normalized spacial score (nSPS) is 11.7. The highest BCUT2D eigenvalue weighted by atomic mass is 35.5. The number of aliphatic hydroxyl groups excluding tert-OH is 1. The van der Waals surface area contributed by atoms with E-state index in [2.05, 4.69) is 10.6 Å². The van der Waals surface area contributed by atoms with Gasteiger partial charge >= 0.3 is 11.8 Å². The lowest BCUT2D eigenvalue weighted by atomic mass is 10.2. The zero-order valence-corrected chi connectivity index (χ0v) is 11.6. The Labute approximate surface area is 125 Å². The first-order valence-corrected chi connectivity index (χ1v) is 6.49. The van der Waals surface area contributed by atoms with Crippen LogP contribution in [0.25, 0.3) is 0 Å². The van der Waals surface area contributed by atoms with E-state index in [0.29, 0.717) is 16.3 Å². The summed E-state index contributed by atoms with van der Waals surface area (Å²) in [5, 5.41) is 14.8. The quantitative estimate of drug-likeness (QED) is 0.750. The number of anilines is 1. The number of halogens is 1. The van der Waals surface area contributed by atoms with Crippen LogP contribution in [0.2, 0.25) is 5.02 Å². The summed E-state index contributed by atoms with van der Waals surface area (Å²) >= 11 is 5.87. The number of nitrogens with one attached hydrogen (secondary N) is 2. The summed E-state index contributed by atoms with van der Waals surface area (Å²) in [5.74, 6) is -1.72. The Hall–Kier alpha value is -2.31. The molecule has 1 aromatic carbocycles. The Balaban J connectivity index is 1.86. The van der Waals surface area contributed by atoms with Gasteiger partial charge in [0.25, 0.3) is 0 Å². The van der Waals surface area contributed by atoms with Crippen LogP contribution >= 0.6 is 11.6 Å². The van der Waals surface area contributed by atoms with Crippen LogP contribution in [0, 0.1) is 0 Å². The zero-order valence-electron chi connectivity index (χ0n) is 10.9. The molecule has 2 aromatic rings. The number of aliphatic hydroxyl groups is 1. The molecule has 21 heavy (non-hydrogen) atoms. The van der Waals surface area contributed by atoms with Crippen molar-refractivity contribution in [1.82, 2.24) is 5.32 Å². The minimum absolute atomic E-state index is 0.103. The van der Waals surface area contributed by atoms with Crippen molar-refractivity contribution in [3.63, 3.8) is 0 Å². The monoisotopic (exact) mass is 308 g/mol. The van der Waals surface area contributed by atoms with Crippen LogP contribution in [0.1, 0.15) is 11.7 Å². The molecule has 110 valence electrons. The molecule has 0 saturated heterocycles. The summed E-state index contributed by atoms with van der Waals surface area (Å²) in [6, 6.07) is 8.13. The van der Waals surface area contributed by atoms with Crippen LogP contribution in [-0.2, 0) is 9.59 Å². The number of para-hydroxylation sites is 1. The van der Waals surface area contributed by atoms with Gasteiger partial charge in [0.2, 0.25) is 0 Å². The Morgan fingerprint density at radius 1 is 1.24 bits per heavy atom. The zero-order chi connectivity index (χ0) is 15.2. The first kappa shape index (κ1) is 15.1. The third kappa shape index (κ3) is 4.08. The summed E-state index contributed by atoms with van der Waals surface area (Å²) in [6.45, 7) is -0.103. The van der Waals surface area contributed by atoms with E-state index in [1.807, 2.05) is 0 Å². The molecule has 0 fully saturated rings. The van der Waals surface area contributed by atoms with Gasteiger partial charge in [0.05, 0.1) is 29.3 Å². The van der Waals surface area contributed by atoms with Gasteiger partial charge in [-0.15, -0.1) is 0 Å². The number of benzene rings is 1. The molecule has 3 N–H and O–H groups in total. The van der Waals surface area contributed by atoms with Gasteiger partial charge in [-0.05, 0) is 18.2 Å². The summed E-state index contributed by atoms with van der Waals surface area (Å²) in [6.07, 6.45) is 1.83. The van der Waals surface area contributed by atoms with Crippen molar-refractivity contribution < 1.29 is 19.1 Å². The molecular formula is C14H13ClN2O4. The van der Waals surface area contributed by atoms with E-state index in [4.69, 9.17) is 16.0 Å². The molecular weight excluding hydrogens is 296 g/mol. The van der Waals surface area contributed by atoms with Gasteiger partial charge in [0.15, 0.2) is 0 Å². The number of furan rings is 1. The number of carbonyl (C=O) groups is 2. The topological polar surface area (TPSA) is 91.6 Å². The molecule has 6 nitrogen and oxygen atoms in total. The molecule has 0 unspecified atom stereocenters. The average molecular weight is 309 g/mol. The van der Waals surface area contributed by atoms with Gasteiger partial charge in [-0.2, -0.15) is 0 Å². The van der Waals surface area contributed by atoms with Crippen molar-refractivity contribution in [3.05, 3.63) is 53.4 Å². The van der Waals surface area contributed by atoms with Crippen molar-refractivity contribution in [1.29, 1.82) is 0 Å². The van der Waals surface area contributed by atoms with E-state index in [0.717, 1.165) is 0 Å². The molecule has 1 aromatic heterocycles. The fourth-order valence-electron chi connectivity index (χ4n) is 1.59. The predicted molar refractivity (Wildman–Crippen MR) is 76.8 cm³/mol. The largest absolute Gasteiger partial charge is 0.472 e. The lowest BCUT2D eigenvalue weighted by molar-refractivity contribution is -0.136. The Morgan fingerprint density at radius 2 is 2.00 bits per heavy atom. The van der Waals surface area contributed by atoms with Crippen molar-refractivity contribution in [3.8, 4) is 0 Å². The highest BCUT2D eigenvalue weighted by Gasteiger charge is 2.17. The lowest BCUT2D eigenvalue weighted by Gasteiger charge is -2.10. The maximum absolute atomic E-state index is 11.7. The average Bonchev–Trinajstić information content (AvgIpc) is 3.01. The molecule has 2 amide bonds. The van der Waals surface area contributed by atoms with Gasteiger partial charge < -0.3 is 20.2 Å². The van der Waals surface area contributed by atoms with Crippen LogP contribution < -0.4 is 10.6 Å². The fraction of sp³-hybridized carbons (Fsp3) is 0.143. The molecule has 0 aliphatic rings. The van der Waals surface area contributed by atoms with Gasteiger partial charge in [0, 0.05) is 12.1 Å². The lowest BCUT2D eigenvalue weighted by Crippen LogP contribution is -2.37. The molecule has 1 heterocycles. The standard InChI is InChI=1S/C14H13ClN2O4/c15-10-3-1-2-4-11(10)17-14(20)13(19)16-7-12(18)9-5-6-21-8-9/h1-6,8,12,18H,7H2,(H,16,19)(H,17,20)/t12-/m1/s1. The fourth-order valence-corrected chi connectivity index (χ4v) is 1.78. The molecule has 0 bridgehead atoms. The third-order valence-corrected chi connectivity index (χ3v) is 3.04. The highest BCUT2D eigenvalue weighted by molar-refractivity contribution is 6.41. The van der Waals surface area contributed by atoms with E-state index in [-0.39, 0.29) is 6.54 Å². The number of hydrogen-bond acceptors (Lipinski definition) is 4. The van der Waals surface area contributed by atoms with Crippen molar-refractivity contribution in [2.75, 3.05) is 11.9 Å². The Morgan fingerprint density at radius 3 is 2.67 bits per heavy atom. The molecule has 0 spiro atoms. The maximum atomic E-state index is 11.7. The molecule has 0 radical (unpaired) electrons. The van der Waals surface area contributed by atoms with Crippen molar-refractivity contribution in [2.45, 2.75) is 6.10 Å². The van der Waals surface area contributed by atoms with E-state index in [1.54, 1.807) is 30.3 Å². The summed E-state index contributed by atoms with van der Waals surface area (Å²) in [7, 11) is 0. The summed E-state index contributed by atoms with van der Waals surface area (Å²) in [5.41, 5.74) is 0.858. The first-order valence-electron chi connectivity index (χ1n) is 6.12. The van der Waals surface area contributed by atoms with E-state index < -0.39 is 17.9 Å². The summed E-state index contributed by atoms with van der Waals surface area (Å²) in [4.78, 5) is 23.3. The van der Waals surface area contributed by atoms with Crippen LogP contribution in [0.5, 0.6) is 0 Å². The van der Waals surface area contributed by atoms with Crippen molar-refractivity contribution >= 4 is 29.1 Å². The van der Waals surface area contributed by atoms with Crippen LogP contribution in [0.15, 0.2) is 47.3 Å². The Kier molecular flexibility index (Phi) is 4.97. The number of rotatable bonds is 4. The second-order valence-electron chi connectivity index (χ2n) is 4.22. The highest BCUT2D eigenvalue weighted by Crippen LogP contribution is 2.20. The summed E-state index contributed by atoms with van der Waals surface area (Å²) < 4.78 is 4.82.